The zero-order valence-electron chi connectivity index (χ0n) is 15.6. The second-order valence-electron chi connectivity index (χ2n) is 8.56. The fraction of sp³-hybridized carbons (Fsp3) is 0.789. The lowest BCUT2D eigenvalue weighted by Crippen LogP contribution is -2.51. The summed E-state index contributed by atoms with van der Waals surface area (Å²) in [5.74, 6) is 1.63. The van der Waals surface area contributed by atoms with Gasteiger partial charge in [0, 0.05) is 25.2 Å². The molecule has 25 heavy (non-hydrogen) atoms. The van der Waals surface area contributed by atoms with Crippen molar-refractivity contribution in [3.05, 3.63) is 11.8 Å². The predicted octanol–water partition coefficient (Wildman–Crippen LogP) is 2.94. The first-order valence-corrected chi connectivity index (χ1v) is 9.82. The van der Waals surface area contributed by atoms with E-state index in [1.807, 2.05) is 22.7 Å². The summed E-state index contributed by atoms with van der Waals surface area (Å²) in [6.07, 6.45) is 9.26. The van der Waals surface area contributed by atoms with Crippen LogP contribution in [0.4, 0.5) is 10.6 Å². The van der Waals surface area contributed by atoms with E-state index in [1.54, 1.807) is 0 Å². The lowest BCUT2D eigenvalue weighted by Gasteiger charge is -2.47. The first kappa shape index (κ1) is 16.9. The number of amides is 2. The summed E-state index contributed by atoms with van der Waals surface area (Å²) in [5.41, 5.74) is 1.39. The molecule has 1 aromatic heterocycles. The largest absolute Gasteiger partial charge is 0.324 e. The number of aromatic nitrogens is 2. The third-order valence-electron chi connectivity index (χ3n) is 6.37. The van der Waals surface area contributed by atoms with Gasteiger partial charge in [-0.05, 0) is 76.9 Å². The third kappa shape index (κ3) is 3.68. The van der Waals surface area contributed by atoms with Gasteiger partial charge in [0.1, 0.15) is 5.82 Å². The quantitative estimate of drug-likeness (QED) is 0.916. The van der Waals surface area contributed by atoms with Gasteiger partial charge < -0.3 is 9.80 Å². The highest BCUT2D eigenvalue weighted by atomic mass is 16.2. The van der Waals surface area contributed by atoms with Crippen LogP contribution in [0.15, 0.2) is 6.20 Å². The van der Waals surface area contributed by atoms with E-state index in [2.05, 4.69) is 22.4 Å². The molecule has 6 nitrogen and oxygen atoms in total. The van der Waals surface area contributed by atoms with Crippen LogP contribution in [-0.2, 0) is 6.54 Å². The van der Waals surface area contributed by atoms with E-state index in [1.165, 1.54) is 32.1 Å². The van der Waals surface area contributed by atoms with E-state index >= 15 is 0 Å². The number of hydrogen-bond acceptors (Lipinski definition) is 3. The summed E-state index contributed by atoms with van der Waals surface area (Å²) in [4.78, 5) is 17.4. The average molecular weight is 345 g/mol. The van der Waals surface area contributed by atoms with Crippen molar-refractivity contribution in [2.75, 3.05) is 38.5 Å². The van der Waals surface area contributed by atoms with Gasteiger partial charge >= 0.3 is 6.03 Å². The monoisotopic (exact) mass is 345 g/mol. The maximum absolute atomic E-state index is 12.9. The molecule has 0 unspecified atom stereocenters. The van der Waals surface area contributed by atoms with Crippen molar-refractivity contribution >= 4 is 11.8 Å². The third-order valence-corrected chi connectivity index (χ3v) is 6.37. The number of nitrogens with one attached hydrogen (secondary N) is 1. The number of anilines is 1. The minimum atomic E-state index is 0.0543. The molecular formula is C19H31N5O. The molecule has 0 bridgehead atoms. The molecule has 0 atom stereocenters. The topological polar surface area (TPSA) is 53.4 Å². The number of carbonyl (C=O) groups excluding carboxylic acids is 1. The highest BCUT2D eigenvalue weighted by Crippen LogP contribution is 2.39. The molecule has 4 rings (SSSR count). The van der Waals surface area contributed by atoms with E-state index in [4.69, 9.17) is 0 Å². The van der Waals surface area contributed by atoms with Gasteiger partial charge in [0.25, 0.3) is 0 Å². The van der Waals surface area contributed by atoms with Gasteiger partial charge in [0.05, 0.1) is 6.20 Å². The summed E-state index contributed by atoms with van der Waals surface area (Å²) < 4.78 is 1.99. The number of aryl methyl sites for hydroxylation is 1. The zero-order valence-corrected chi connectivity index (χ0v) is 15.6. The van der Waals surface area contributed by atoms with E-state index in [0.717, 1.165) is 56.4 Å². The van der Waals surface area contributed by atoms with Crippen LogP contribution >= 0.6 is 0 Å². The fourth-order valence-corrected chi connectivity index (χ4v) is 4.39. The first-order chi connectivity index (χ1) is 12.0. The Morgan fingerprint density at radius 3 is 2.76 bits per heavy atom. The average Bonchev–Trinajstić information content (AvgIpc) is 3.37. The number of urea groups is 1. The van der Waals surface area contributed by atoms with Crippen LogP contribution in [0, 0.1) is 18.3 Å². The Morgan fingerprint density at radius 2 is 2.04 bits per heavy atom. The normalized spacial score (nSPS) is 23.8. The summed E-state index contributed by atoms with van der Waals surface area (Å²) in [7, 11) is 2.20. The Labute approximate surface area is 150 Å². The molecule has 2 amide bonds. The van der Waals surface area contributed by atoms with E-state index in [0.29, 0.717) is 5.41 Å². The van der Waals surface area contributed by atoms with Crippen molar-refractivity contribution < 1.29 is 4.79 Å². The maximum Gasteiger partial charge on any atom is 0.323 e. The number of rotatable bonds is 3. The van der Waals surface area contributed by atoms with Crippen LogP contribution in [0.1, 0.15) is 44.1 Å². The molecular weight excluding hydrogens is 314 g/mol. The smallest absolute Gasteiger partial charge is 0.323 e. The van der Waals surface area contributed by atoms with E-state index < -0.39 is 0 Å². The van der Waals surface area contributed by atoms with Crippen LogP contribution in [0.5, 0.6) is 0 Å². The van der Waals surface area contributed by atoms with Gasteiger partial charge in [-0.2, -0.15) is 5.10 Å². The van der Waals surface area contributed by atoms with E-state index in [-0.39, 0.29) is 6.03 Å². The number of piperidine rings is 2. The second kappa shape index (κ2) is 6.63. The zero-order chi connectivity index (χ0) is 17.4. The first-order valence-electron chi connectivity index (χ1n) is 9.82. The molecule has 2 aliphatic heterocycles. The van der Waals surface area contributed by atoms with Crippen LogP contribution in [0.25, 0.3) is 0 Å². The van der Waals surface area contributed by atoms with Crippen LogP contribution in [0.3, 0.4) is 0 Å². The maximum atomic E-state index is 12.9. The summed E-state index contributed by atoms with van der Waals surface area (Å²) >= 11 is 0. The minimum Gasteiger partial charge on any atom is -0.324 e. The van der Waals surface area contributed by atoms with Crippen molar-refractivity contribution in [2.45, 2.75) is 52.0 Å². The molecule has 2 saturated heterocycles. The molecule has 1 aromatic rings. The Balaban J connectivity index is 1.41. The van der Waals surface area contributed by atoms with Gasteiger partial charge in [-0.15, -0.1) is 0 Å². The number of nitrogens with zero attached hydrogens (tertiary/aromatic N) is 4. The van der Waals surface area contributed by atoms with Gasteiger partial charge in [-0.25, -0.2) is 9.48 Å². The molecule has 0 aromatic carbocycles. The van der Waals surface area contributed by atoms with Crippen molar-refractivity contribution in [2.24, 2.45) is 11.3 Å². The fourth-order valence-electron chi connectivity index (χ4n) is 4.39. The Bertz CT molecular complexity index is 628. The second-order valence-corrected chi connectivity index (χ2v) is 8.56. The molecule has 6 heteroatoms. The molecule has 0 radical (unpaired) electrons. The molecule has 3 aliphatic rings. The van der Waals surface area contributed by atoms with Crippen molar-refractivity contribution in [1.29, 1.82) is 0 Å². The number of hydrogen-bond donors (Lipinski definition) is 1. The van der Waals surface area contributed by atoms with E-state index in [9.17, 15) is 4.79 Å². The van der Waals surface area contributed by atoms with Crippen LogP contribution < -0.4 is 5.32 Å². The summed E-state index contributed by atoms with van der Waals surface area (Å²) in [6, 6.07) is 0.0543. The Kier molecular flexibility index (Phi) is 4.48. The van der Waals surface area contributed by atoms with Crippen LogP contribution in [0.2, 0.25) is 0 Å². The number of likely N-dealkylation sites (tertiary alicyclic amines) is 2. The molecule has 138 valence electrons. The van der Waals surface area contributed by atoms with Crippen LogP contribution in [-0.4, -0.2) is 58.8 Å². The van der Waals surface area contributed by atoms with Crippen molar-refractivity contribution in [1.82, 2.24) is 19.6 Å². The highest BCUT2D eigenvalue weighted by Gasteiger charge is 2.39. The minimum absolute atomic E-state index is 0.0543. The van der Waals surface area contributed by atoms with Gasteiger partial charge in [0.2, 0.25) is 0 Å². The molecule has 3 fully saturated rings. The molecule has 1 saturated carbocycles. The lowest BCUT2D eigenvalue weighted by atomic mass is 9.72. The van der Waals surface area contributed by atoms with Crippen molar-refractivity contribution in [3.8, 4) is 0 Å². The summed E-state index contributed by atoms with van der Waals surface area (Å²) in [6.45, 7) is 7.05. The van der Waals surface area contributed by atoms with Gasteiger partial charge in [-0.1, -0.05) is 0 Å². The Hall–Kier alpha value is -1.56. The lowest BCUT2D eigenvalue weighted by molar-refractivity contribution is 0.0485. The highest BCUT2D eigenvalue weighted by molar-refractivity contribution is 5.89. The molecule has 3 heterocycles. The predicted molar refractivity (Wildman–Crippen MR) is 98.7 cm³/mol. The number of carbonyl (C=O) groups is 1. The summed E-state index contributed by atoms with van der Waals surface area (Å²) in [5, 5.41) is 7.63. The molecule has 1 N–H and O–H groups in total. The molecule has 1 aliphatic carbocycles. The Morgan fingerprint density at radius 1 is 1.28 bits per heavy atom. The van der Waals surface area contributed by atoms with Gasteiger partial charge in [0.15, 0.2) is 0 Å². The van der Waals surface area contributed by atoms with Crippen molar-refractivity contribution in [3.63, 3.8) is 0 Å². The standard InChI is InChI=1S/C19H31N5O/c1-15-12-20-24(13-16-4-5-16)17(15)21-18(25)23-9-3-6-19(14-23)7-10-22(2)11-8-19/h12,16H,3-11,13-14H2,1-2H3,(H,21,25). The van der Waals surface area contributed by atoms with Gasteiger partial charge in [-0.3, -0.25) is 5.32 Å². The molecule has 1 spiro atoms. The SMILES string of the molecule is Cc1cnn(CC2CC2)c1NC(=O)N1CCCC2(CCN(C)CC2)C1.